The lowest BCUT2D eigenvalue weighted by atomic mass is 10.2. The number of aryl methyl sites for hydroxylation is 1. The summed E-state index contributed by atoms with van der Waals surface area (Å²) in [5.41, 5.74) is 1.95. The van der Waals surface area contributed by atoms with Gasteiger partial charge >= 0.3 is 5.97 Å². The van der Waals surface area contributed by atoms with E-state index in [2.05, 4.69) is 10.3 Å². The van der Waals surface area contributed by atoms with Crippen molar-refractivity contribution in [2.24, 2.45) is 0 Å². The highest BCUT2D eigenvalue weighted by Gasteiger charge is 2.04. The molecule has 92 valence electrons. The molecule has 0 spiro atoms. The maximum absolute atomic E-state index is 10.7. The van der Waals surface area contributed by atoms with Crippen molar-refractivity contribution >= 4 is 29.1 Å². The van der Waals surface area contributed by atoms with E-state index in [-0.39, 0.29) is 5.56 Å². The van der Waals surface area contributed by atoms with Gasteiger partial charge in [0, 0.05) is 6.20 Å². The number of hydrogen-bond acceptors (Lipinski definition) is 3. The topological polar surface area (TPSA) is 62.2 Å². The smallest absolute Gasteiger partial charge is 0.337 e. The zero-order valence-corrected chi connectivity index (χ0v) is 10.4. The van der Waals surface area contributed by atoms with Crippen LogP contribution in [0, 0.1) is 6.92 Å². The molecule has 1 aromatic heterocycles. The Labute approximate surface area is 109 Å². The summed E-state index contributed by atoms with van der Waals surface area (Å²) in [7, 11) is 0. The summed E-state index contributed by atoms with van der Waals surface area (Å²) in [5.74, 6) is -0.451. The van der Waals surface area contributed by atoms with Gasteiger partial charge in [0.1, 0.15) is 5.82 Å². The summed E-state index contributed by atoms with van der Waals surface area (Å²) in [6, 6.07) is 8.71. The van der Waals surface area contributed by atoms with Crippen LogP contribution in [-0.4, -0.2) is 16.1 Å². The highest BCUT2D eigenvalue weighted by Crippen LogP contribution is 2.25. The molecule has 1 heterocycles. The molecule has 0 radical (unpaired) electrons. The normalized spacial score (nSPS) is 10.1. The first-order valence-corrected chi connectivity index (χ1v) is 5.66. The number of nitrogens with zero attached hydrogens (tertiary/aromatic N) is 1. The van der Waals surface area contributed by atoms with Crippen molar-refractivity contribution in [3.8, 4) is 0 Å². The fourth-order valence-electron chi connectivity index (χ4n) is 1.45. The number of aromatic carboxylic acids is 1. The van der Waals surface area contributed by atoms with E-state index < -0.39 is 5.97 Å². The second kappa shape index (κ2) is 5.06. The van der Waals surface area contributed by atoms with Gasteiger partial charge in [-0.1, -0.05) is 17.7 Å². The Hall–Kier alpha value is -2.07. The van der Waals surface area contributed by atoms with E-state index in [4.69, 9.17) is 16.7 Å². The monoisotopic (exact) mass is 262 g/mol. The Morgan fingerprint density at radius 2 is 2.11 bits per heavy atom. The number of aromatic nitrogens is 1. The second-order valence-electron chi connectivity index (χ2n) is 3.85. The molecule has 0 aliphatic heterocycles. The summed E-state index contributed by atoms with van der Waals surface area (Å²) < 4.78 is 0. The summed E-state index contributed by atoms with van der Waals surface area (Å²) in [6.07, 6.45) is 1.30. The van der Waals surface area contributed by atoms with Gasteiger partial charge in [-0.05, 0) is 36.8 Å². The maximum atomic E-state index is 10.7. The van der Waals surface area contributed by atoms with Crippen molar-refractivity contribution in [3.05, 3.63) is 52.7 Å². The summed E-state index contributed by atoms with van der Waals surface area (Å²) >= 11 is 6.08. The molecule has 0 saturated carbocycles. The fraction of sp³-hybridized carbons (Fsp3) is 0.0769. The van der Waals surface area contributed by atoms with Crippen LogP contribution in [0.5, 0.6) is 0 Å². The third-order valence-electron chi connectivity index (χ3n) is 2.40. The first-order chi connectivity index (χ1) is 8.56. The Morgan fingerprint density at radius 1 is 1.33 bits per heavy atom. The number of benzene rings is 1. The maximum Gasteiger partial charge on any atom is 0.337 e. The number of carboxylic acid groups (broad SMARTS) is 1. The number of halogens is 1. The average molecular weight is 263 g/mol. The van der Waals surface area contributed by atoms with Crippen LogP contribution in [0.4, 0.5) is 11.5 Å². The van der Waals surface area contributed by atoms with Crippen LogP contribution < -0.4 is 5.32 Å². The molecule has 0 unspecified atom stereocenters. The molecule has 2 aromatic rings. The standard InChI is InChI=1S/C13H11ClN2O2/c1-8-2-4-11(10(14)6-8)16-12-5-3-9(7-15-12)13(17)18/h2-7H,1H3,(H,15,16)(H,17,18). The second-order valence-corrected chi connectivity index (χ2v) is 4.25. The van der Waals surface area contributed by atoms with Crippen LogP contribution in [0.3, 0.4) is 0 Å². The van der Waals surface area contributed by atoms with Gasteiger partial charge in [0.25, 0.3) is 0 Å². The molecule has 5 heteroatoms. The summed E-state index contributed by atoms with van der Waals surface area (Å²) in [6.45, 7) is 1.95. The van der Waals surface area contributed by atoms with Gasteiger partial charge in [0.15, 0.2) is 0 Å². The molecule has 0 aliphatic rings. The number of carbonyl (C=O) groups is 1. The molecule has 2 N–H and O–H groups in total. The van der Waals surface area contributed by atoms with Gasteiger partial charge < -0.3 is 10.4 Å². The molecular weight excluding hydrogens is 252 g/mol. The molecule has 2 rings (SSSR count). The van der Waals surface area contributed by atoms with Crippen molar-refractivity contribution in [3.63, 3.8) is 0 Å². The predicted octanol–water partition coefficient (Wildman–Crippen LogP) is 3.49. The zero-order valence-electron chi connectivity index (χ0n) is 9.64. The third-order valence-corrected chi connectivity index (χ3v) is 2.71. The highest BCUT2D eigenvalue weighted by molar-refractivity contribution is 6.33. The minimum atomic E-state index is -0.998. The molecule has 0 fully saturated rings. The van der Waals surface area contributed by atoms with Crippen LogP contribution in [0.15, 0.2) is 36.5 Å². The van der Waals surface area contributed by atoms with E-state index in [1.807, 2.05) is 25.1 Å². The molecule has 4 nitrogen and oxygen atoms in total. The van der Waals surface area contributed by atoms with Crippen molar-refractivity contribution < 1.29 is 9.90 Å². The number of pyridine rings is 1. The molecule has 1 aromatic carbocycles. The molecule has 0 atom stereocenters. The van der Waals surface area contributed by atoms with E-state index in [0.717, 1.165) is 11.3 Å². The molecule has 18 heavy (non-hydrogen) atoms. The van der Waals surface area contributed by atoms with Gasteiger partial charge in [-0.2, -0.15) is 0 Å². The van der Waals surface area contributed by atoms with E-state index in [1.165, 1.54) is 12.3 Å². The zero-order chi connectivity index (χ0) is 13.1. The summed E-state index contributed by atoms with van der Waals surface area (Å²) in [4.78, 5) is 14.7. The van der Waals surface area contributed by atoms with Crippen LogP contribution in [0.2, 0.25) is 5.02 Å². The molecule has 0 saturated heterocycles. The molecule has 0 bridgehead atoms. The Balaban J connectivity index is 2.21. The predicted molar refractivity (Wildman–Crippen MR) is 70.7 cm³/mol. The van der Waals surface area contributed by atoms with Gasteiger partial charge in [0.05, 0.1) is 16.3 Å². The van der Waals surface area contributed by atoms with Crippen LogP contribution in [-0.2, 0) is 0 Å². The van der Waals surface area contributed by atoms with Crippen molar-refractivity contribution in [1.29, 1.82) is 0 Å². The quantitative estimate of drug-likeness (QED) is 0.889. The lowest BCUT2D eigenvalue weighted by Gasteiger charge is -2.08. The van der Waals surface area contributed by atoms with Crippen molar-refractivity contribution in [2.75, 3.05) is 5.32 Å². The van der Waals surface area contributed by atoms with E-state index >= 15 is 0 Å². The van der Waals surface area contributed by atoms with Crippen LogP contribution >= 0.6 is 11.6 Å². The van der Waals surface area contributed by atoms with Gasteiger partial charge in [-0.3, -0.25) is 0 Å². The number of anilines is 2. The molecular formula is C13H11ClN2O2. The summed E-state index contributed by atoms with van der Waals surface area (Å²) in [5, 5.41) is 12.4. The largest absolute Gasteiger partial charge is 0.478 e. The van der Waals surface area contributed by atoms with Crippen molar-refractivity contribution in [2.45, 2.75) is 6.92 Å². The molecule has 0 amide bonds. The van der Waals surface area contributed by atoms with E-state index in [1.54, 1.807) is 6.07 Å². The number of carboxylic acids is 1. The van der Waals surface area contributed by atoms with Crippen LogP contribution in [0.25, 0.3) is 0 Å². The minimum Gasteiger partial charge on any atom is -0.478 e. The number of rotatable bonds is 3. The lowest BCUT2D eigenvalue weighted by Crippen LogP contribution is -1.99. The van der Waals surface area contributed by atoms with E-state index in [0.29, 0.717) is 10.8 Å². The minimum absolute atomic E-state index is 0.149. The highest BCUT2D eigenvalue weighted by atomic mass is 35.5. The fourth-order valence-corrected chi connectivity index (χ4v) is 1.74. The van der Waals surface area contributed by atoms with Gasteiger partial charge in [-0.25, -0.2) is 9.78 Å². The van der Waals surface area contributed by atoms with E-state index in [9.17, 15) is 4.79 Å². The first kappa shape index (κ1) is 12.4. The SMILES string of the molecule is Cc1ccc(Nc2ccc(C(=O)O)cn2)c(Cl)c1. The number of nitrogens with one attached hydrogen (secondary N) is 1. The lowest BCUT2D eigenvalue weighted by molar-refractivity contribution is 0.0696. The van der Waals surface area contributed by atoms with Gasteiger partial charge in [0.2, 0.25) is 0 Å². The molecule has 0 aliphatic carbocycles. The van der Waals surface area contributed by atoms with Crippen LogP contribution in [0.1, 0.15) is 15.9 Å². The Kier molecular flexibility index (Phi) is 3.48. The number of hydrogen-bond donors (Lipinski definition) is 2. The first-order valence-electron chi connectivity index (χ1n) is 5.29. The average Bonchev–Trinajstić information content (AvgIpc) is 2.33. The van der Waals surface area contributed by atoms with Crippen molar-refractivity contribution in [1.82, 2.24) is 4.98 Å². The Morgan fingerprint density at radius 3 is 2.67 bits per heavy atom. The third kappa shape index (κ3) is 2.78. The van der Waals surface area contributed by atoms with Gasteiger partial charge in [-0.15, -0.1) is 0 Å². The Bertz CT molecular complexity index is 582.